The van der Waals surface area contributed by atoms with Gasteiger partial charge in [-0.05, 0) is 50.2 Å². The first-order valence-corrected chi connectivity index (χ1v) is 10.7. The average Bonchev–Trinajstić information content (AvgIpc) is 2.36. The first kappa shape index (κ1) is 19.2. The molecule has 2 heteroatoms. The van der Waals surface area contributed by atoms with E-state index < -0.39 is 7.05 Å². The minimum atomic E-state index is -1.02. The molecular formula is C17H38NP. The molecule has 1 nitrogen and oxygen atoms in total. The van der Waals surface area contributed by atoms with Crippen LogP contribution in [0.4, 0.5) is 0 Å². The Morgan fingerprint density at radius 2 is 1.11 bits per heavy atom. The third-order valence-electron chi connectivity index (χ3n) is 3.63. The summed E-state index contributed by atoms with van der Waals surface area (Å²) >= 11 is 0. The predicted octanol–water partition coefficient (Wildman–Crippen LogP) is 6.63. The lowest BCUT2D eigenvalue weighted by Crippen LogP contribution is -2.11. The first-order valence-electron chi connectivity index (χ1n) is 8.44. The van der Waals surface area contributed by atoms with Gasteiger partial charge in [0.1, 0.15) is 0 Å². The van der Waals surface area contributed by atoms with Gasteiger partial charge in [-0.2, -0.15) is 0 Å². The van der Waals surface area contributed by atoms with E-state index in [-0.39, 0.29) is 0 Å². The van der Waals surface area contributed by atoms with Crippen LogP contribution in [0.25, 0.3) is 0 Å². The fourth-order valence-electron chi connectivity index (χ4n) is 2.27. The Balaban J connectivity index is 4.96. The molecule has 0 N–H and O–H groups in total. The summed E-state index contributed by atoms with van der Waals surface area (Å²) in [7, 11) is -1.02. The van der Waals surface area contributed by atoms with Crippen LogP contribution in [-0.2, 0) is 0 Å². The Morgan fingerprint density at radius 1 is 0.737 bits per heavy atom. The molecule has 0 spiro atoms. The minimum absolute atomic E-state index is 0.357. The van der Waals surface area contributed by atoms with Crippen LogP contribution in [-0.4, -0.2) is 25.0 Å². The van der Waals surface area contributed by atoms with Gasteiger partial charge in [-0.25, -0.2) is 0 Å². The highest BCUT2D eigenvalue weighted by Gasteiger charge is 2.19. The van der Waals surface area contributed by atoms with Crippen molar-refractivity contribution in [1.82, 2.24) is 0 Å². The molecule has 0 aromatic rings. The van der Waals surface area contributed by atoms with Crippen LogP contribution in [0.15, 0.2) is 4.74 Å². The largest absolute Gasteiger partial charge is 0.303 e. The molecule has 0 heterocycles. The van der Waals surface area contributed by atoms with E-state index in [1.54, 1.807) is 0 Å². The van der Waals surface area contributed by atoms with Crippen LogP contribution in [0.1, 0.15) is 80.1 Å². The Labute approximate surface area is 123 Å². The van der Waals surface area contributed by atoms with E-state index in [9.17, 15) is 0 Å². The van der Waals surface area contributed by atoms with Crippen molar-refractivity contribution in [2.75, 3.05) is 25.0 Å². The molecule has 0 saturated heterocycles. The highest BCUT2D eigenvalue weighted by Crippen LogP contribution is 2.52. The SMILES string of the molecule is CCCCP(CCCC)(CCCC)=NCC(C)(C)C. The van der Waals surface area contributed by atoms with Gasteiger partial charge in [0.2, 0.25) is 0 Å². The lowest BCUT2D eigenvalue weighted by atomic mass is 9.98. The van der Waals surface area contributed by atoms with Crippen molar-refractivity contribution in [3.05, 3.63) is 0 Å². The van der Waals surface area contributed by atoms with Crippen molar-refractivity contribution in [2.24, 2.45) is 10.2 Å². The highest BCUT2D eigenvalue weighted by molar-refractivity contribution is 7.66. The van der Waals surface area contributed by atoms with Crippen molar-refractivity contribution in [2.45, 2.75) is 80.1 Å². The molecule has 0 aliphatic rings. The molecule has 0 aliphatic carbocycles. The van der Waals surface area contributed by atoms with E-state index in [0.717, 1.165) is 6.54 Å². The lowest BCUT2D eigenvalue weighted by Gasteiger charge is -2.27. The summed E-state index contributed by atoms with van der Waals surface area (Å²) in [5.41, 5.74) is 0.357. The number of hydrogen-bond donors (Lipinski definition) is 0. The Hall–Kier alpha value is 0.230. The smallest absolute Gasteiger partial charge is 0.0422 e. The maximum Gasteiger partial charge on any atom is 0.0422 e. The maximum absolute atomic E-state index is 5.35. The van der Waals surface area contributed by atoms with Crippen LogP contribution in [0.2, 0.25) is 0 Å². The molecule has 0 aromatic heterocycles. The summed E-state index contributed by atoms with van der Waals surface area (Å²) in [5.74, 6) is 0. The third kappa shape index (κ3) is 9.72. The molecule has 0 rings (SSSR count). The van der Waals surface area contributed by atoms with E-state index in [4.69, 9.17) is 4.74 Å². The number of rotatable bonds is 10. The molecule has 0 amide bonds. The van der Waals surface area contributed by atoms with E-state index in [1.807, 2.05) is 0 Å². The minimum Gasteiger partial charge on any atom is -0.303 e. The molecule has 116 valence electrons. The molecular weight excluding hydrogens is 249 g/mol. The molecule has 0 unspecified atom stereocenters. The van der Waals surface area contributed by atoms with Crippen molar-refractivity contribution in [3.63, 3.8) is 0 Å². The van der Waals surface area contributed by atoms with Crippen LogP contribution in [0.3, 0.4) is 0 Å². The monoisotopic (exact) mass is 287 g/mol. The third-order valence-corrected chi connectivity index (χ3v) is 7.82. The molecule has 0 aliphatic heterocycles. The molecule has 0 bridgehead atoms. The molecule has 0 aromatic carbocycles. The Morgan fingerprint density at radius 3 is 1.37 bits per heavy atom. The van der Waals surface area contributed by atoms with Crippen LogP contribution in [0.5, 0.6) is 0 Å². The molecule has 0 atom stereocenters. The van der Waals surface area contributed by atoms with Gasteiger partial charge < -0.3 is 4.74 Å². The van der Waals surface area contributed by atoms with Gasteiger partial charge in [-0.3, -0.25) is 0 Å². The normalized spacial score (nSPS) is 12.7. The van der Waals surface area contributed by atoms with E-state index in [2.05, 4.69) is 41.5 Å². The lowest BCUT2D eigenvalue weighted by molar-refractivity contribution is 0.431. The van der Waals surface area contributed by atoms with Gasteiger partial charge in [-0.1, -0.05) is 60.8 Å². The summed E-state index contributed by atoms with van der Waals surface area (Å²) in [5, 5.41) is 0. The van der Waals surface area contributed by atoms with Crippen LogP contribution in [0, 0.1) is 5.41 Å². The Bertz CT molecular complexity index is 234. The van der Waals surface area contributed by atoms with Crippen LogP contribution >= 0.6 is 7.05 Å². The van der Waals surface area contributed by atoms with Gasteiger partial charge in [0.15, 0.2) is 0 Å². The zero-order valence-corrected chi connectivity index (χ0v) is 15.4. The van der Waals surface area contributed by atoms with Gasteiger partial charge in [-0.15, -0.1) is 0 Å². The quantitative estimate of drug-likeness (QED) is 0.400. The molecule has 0 radical (unpaired) electrons. The van der Waals surface area contributed by atoms with Gasteiger partial charge in [0, 0.05) is 6.54 Å². The number of nitrogens with zero attached hydrogens (tertiary/aromatic N) is 1. The zero-order chi connectivity index (χ0) is 14.8. The van der Waals surface area contributed by atoms with E-state index >= 15 is 0 Å². The summed E-state index contributed by atoms with van der Waals surface area (Å²) in [6.07, 6.45) is 12.4. The zero-order valence-electron chi connectivity index (χ0n) is 14.5. The van der Waals surface area contributed by atoms with Gasteiger partial charge >= 0.3 is 0 Å². The van der Waals surface area contributed by atoms with Gasteiger partial charge in [0.25, 0.3) is 0 Å². The molecule has 0 saturated carbocycles. The van der Waals surface area contributed by atoms with Crippen molar-refractivity contribution in [1.29, 1.82) is 0 Å². The van der Waals surface area contributed by atoms with E-state index in [1.165, 1.54) is 57.0 Å². The summed E-state index contributed by atoms with van der Waals surface area (Å²) < 4.78 is 5.35. The average molecular weight is 287 g/mol. The topological polar surface area (TPSA) is 12.4 Å². The first-order chi connectivity index (χ1) is 8.89. The van der Waals surface area contributed by atoms with Crippen LogP contribution < -0.4 is 0 Å². The summed E-state index contributed by atoms with van der Waals surface area (Å²) in [6, 6.07) is 0. The van der Waals surface area contributed by atoms with Crippen molar-refractivity contribution >= 4 is 7.05 Å². The second kappa shape index (κ2) is 10.0. The van der Waals surface area contributed by atoms with Gasteiger partial charge in [0.05, 0.1) is 0 Å². The van der Waals surface area contributed by atoms with Crippen molar-refractivity contribution in [3.8, 4) is 0 Å². The number of unbranched alkanes of at least 4 members (excludes halogenated alkanes) is 3. The molecule has 0 fully saturated rings. The maximum atomic E-state index is 5.35. The summed E-state index contributed by atoms with van der Waals surface area (Å²) in [4.78, 5) is 0. The summed E-state index contributed by atoms with van der Waals surface area (Å²) in [6.45, 7) is 15.0. The number of hydrogen-bond acceptors (Lipinski definition) is 1. The predicted molar refractivity (Wildman–Crippen MR) is 93.0 cm³/mol. The highest BCUT2D eigenvalue weighted by atomic mass is 31.2. The second-order valence-electron chi connectivity index (χ2n) is 7.19. The van der Waals surface area contributed by atoms with E-state index in [0.29, 0.717) is 5.41 Å². The van der Waals surface area contributed by atoms with Crippen molar-refractivity contribution < 1.29 is 0 Å². The second-order valence-corrected chi connectivity index (χ2v) is 11.0. The fourth-order valence-corrected chi connectivity index (χ4v) is 6.80. The fraction of sp³-hybridized carbons (Fsp3) is 1.00. The standard InChI is InChI=1S/C17H38NP/c1-7-10-13-19(14-11-8-2,15-12-9-3)18-16-17(4,5)6/h7-16H2,1-6H3. The molecule has 19 heavy (non-hydrogen) atoms. The Kier molecular flexibility index (Phi) is 10.2.